The van der Waals surface area contributed by atoms with Gasteiger partial charge >= 0.3 is 0 Å². The van der Waals surface area contributed by atoms with Gasteiger partial charge < -0.3 is 0 Å². The van der Waals surface area contributed by atoms with Crippen LogP contribution in [0.5, 0.6) is 0 Å². The van der Waals surface area contributed by atoms with Crippen LogP contribution in [0.25, 0.3) is 5.57 Å². The van der Waals surface area contributed by atoms with Gasteiger partial charge in [-0.2, -0.15) is 0 Å². The van der Waals surface area contributed by atoms with Crippen LogP contribution in [0, 0.1) is 0 Å². The van der Waals surface area contributed by atoms with Gasteiger partial charge in [0.25, 0.3) is 0 Å². The average molecular weight is 268 g/mol. The highest BCUT2D eigenvalue weighted by Gasteiger charge is 2.29. The Kier molecular flexibility index (Phi) is 3.68. The van der Waals surface area contributed by atoms with E-state index in [4.69, 9.17) is 0 Å². The fourth-order valence-electron chi connectivity index (χ4n) is 2.76. The highest BCUT2D eigenvalue weighted by molar-refractivity contribution is 6.81. The van der Waals surface area contributed by atoms with Crippen molar-refractivity contribution >= 4 is 13.6 Å². The summed E-state index contributed by atoms with van der Waals surface area (Å²) in [7, 11) is -1.21. The minimum absolute atomic E-state index is 0.0924. The Bertz CT molecular complexity index is 543. The Morgan fingerprint density at radius 1 is 1.21 bits per heavy atom. The molecular weight excluding hydrogens is 244 g/mol. The van der Waals surface area contributed by atoms with Crippen LogP contribution in [0.15, 0.2) is 54.8 Å². The monoisotopic (exact) mass is 268 g/mol. The summed E-state index contributed by atoms with van der Waals surface area (Å²) >= 11 is 0. The largest absolute Gasteiger partial charge is 0.103 e. The minimum atomic E-state index is -1.21. The van der Waals surface area contributed by atoms with Crippen LogP contribution >= 0.6 is 0 Å². The van der Waals surface area contributed by atoms with Crippen molar-refractivity contribution in [2.75, 3.05) is 0 Å². The molecule has 0 aliphatic heterocycles. The summed E-state index contributed by atoms with van der Waals surface area (Å²) in [6, 6.07) is 8.81. The molecular formula is C18H24Si. The molecule has 1 aromatic rings. The van der Waals surface area contributed by atoms with Gasteiger partial charge in [-0.1, -0.05) is 74.8 Å². The summed E-state index contributed by atoms with van der Waals surface area (Å²) in [5.41, 5.74) is 6.82. The summed E-state index contributed by atoms with van der Waals surface area (Å²) in [5, 5.41) is 0. The molecule has 0 amide bonds. The van der Waals surface area contributed by atoms with Crippen LogP contribution in [0.3, 0.4) is 0 Å². The topological polar surface area (TPSA) is 0 Å². The van der Waals surface area contributed by atoms with Gasteiger partial charge in [0.1, 0.15) is 0 Å². The Morgan fingerprint density at radius 3 is 2.53 bits per heavy atom. The number of fused-ring (bicyclic) bond motifs is 1. The summed E-state index contributed by atoms with van der Waals surface area (Å²) in [6.07, 6.45) is 7.67. The van der Waals surface area contributed by atoms with E-state index in [1.165, 1.54) is 16.7 Å². The van der Waals surface area contributed by atoms with E-state index in [0.29, 0.717) is 0 Å². The van der Waals surface area contributed by atoms with E-state index in [1.807, 2.05) is 6.08 Å². The molecule has 0 fully saturated rings. The van der Waals surface area contributed by atoms with Crippen LogP contribution in [0.2, 0.25) is 19.6 Å². The van der Waals surface area contributed by atoms with Gasteiger partial charge in [0, 0.05) is 5.41 Å². The second kappa shape index (κ2) is 4.97. The molecule has 1 aliphatic carbocycles. The fraction of sp³-hybridized carbons (Fsp3) is 0.333. The van der Waals surface area contributed by atoms with E-state index < -0.39 is 8.07 Å². The molecule has 1 aliphatic rings. The third-order valence-electron chi connectivity index (χ3n) is 3.64. The first kappa shape index (κ1) is 14.1. The molecule has 0 nitrogen and oxygen atoms in total. The lowest BCUT2D eigenvalue weighted by molar-refractivity contribution is 0.600. The molecule has 0 spiro atoms. The van der Waals surface area contributed by atoms with Crippen molar-refractivity contribution in [3.05, 3.63) is 65.9 Å². The van der Waals surface area contributed by atoms with Gasteiger partial charge in [-0.05, 0) is 23.1 Å². The van der Waals surface area contributed by atoms with Crippen LogP contribution in [-0.2, 0) is 5.41 Å². The van der Waals surface area contributed by atoms with Gasteiger partial charge in [0.15, 0.2) is 0 Å². The third-order valence-corrected chi connectivity index (χ3v) is 4.82. The molecule has 1 atom stereocenters. The summed E-state index contributed by atoms with van der Waals surface area (Å²) in [5.74, 6) is 0. The van der Waals surface area contributed by atoms with Crippen LogP contribution in [-0.4, -0.2) is 8.07 Å². The Labute approximate surface area is 118 Å². The second-order valence-corrected chi connectivity index (χ2v) is 11.8. The number of allylic oxidation sites excluding steroid dienone is 4. The van der Waals surface area contributed by atoms with Crippen LogP contribution < -0.4 is 0 Å². The summed E-state index contributed by atoms with van der Waals surface area (Å²) in [6.45, 7) is 13.4. The molecule has 1 aromatic carbocycles. The zero-order chi connectivity index (χ0) is 14.1. The van der Waals surface area contributed by atoms with Gasteiger partial charge in [0.2, 0.25) is 0 Å². The maximum absolute atomic E-state index is 3.91. The van der Waals surface area contributed by atoms with Crippen molar-refractivity contribution in [1.82, 2.24) is 0 Å². The smallest absolute Gasteiger partial charge is 0.0695 e. The Morgan fingerprint density at radius 2 is 1.89 bits per heavy atom. The zero-order valence-electron chi connectivity index (χ0n) is 12.5. The van der Waals surface area contributed by atoms with Crippen molar-refractivity contribution in [3.8, 4) is 0 Å². The predicted octanol–water partition coefficient (Wildman–Crippen LogP) is 5.35. The molecule has 0 aromatic heterocycles. The molecule has 0 saturated carbocycles. The molecule has 1 unspecified atom stereocenters. The maximum Gasteiger partial charge on any atom is 0.0695 e. The van der Waals surface area contributed by atoms with Crippen molar-refractivity contribution in [2.45, 2.75) is 38.4 Å². The van der Waals surface area contributed by atoms with E-state index in [9.17, 15) is 0 Å². The standard InChI is InChI=1S/C18H24Si/c1-6-12-18(2)13-11-15(14-19(3,4)5)16-9-7-8-10-17(16)18/h6-11,13-14H,1,12H2,2-5H3/b15-14+. The first-order chi connectivity index (χ1) is 8.86. The molecule has 0 heterocycles. The fourth-order valence-corrected chi connectivity index (χ4v) is 3.94. The van der Waals surface area contributed by atoms with E-state index in [0.717, 1.165) is 6.42 Å². The number of hydrogen-bond acceptors (Lipinski definition) is 0. The van der Waals surface area contributed by atoms with E-state index >= 15 is 0 Å². The van der Waals surface area contributed by atoms with E-state index in [1.54, 1.807) is 0 Å². The SMILES string of the molecule is C=CCC1(C)C=C/C(=C\[Si](C)(C)C)c2ccccc21. The molecule has 0 N–H and O–H groups in total. The lowest BCUT2D eigenvalue weighted by Gasteiger charge is -2.32. The van der Waals surface area contributed by atoms with Crippen molar-refractivity contribution in [3.63, 3.8) is 0 Å². The van der Waals surface area contributed by atoms with Gasteiger partial charge in [0.05, 0.1) is 8.07 Å². The zero-order valence-corrected chi connectivity index (χ0v) is 13.5. The Hall–Kier alpha value is -1.34. The molecule has 0 radical (unpaired) electrons. The lowest BCUT2D eigenvalue weighted by atomic mass is 9.72. The minimum Gasteiger partial charge on any atom is -0.103 e. The molecule has 19 heavy (non-hydrogen) atoms. The van der Waals surface area contributed by atoms with Crippen LogP contribution in [0.4, 0.5) is 0 Å². The quantitative estimate of drug-likeness (QED) is 0.512. The molecule has 2 rings (SSSR count). The van der Waals surface area contributed by atoms with E-state index in [-0.39, 0.29) is 5.41 Å². The molecule has 0 saturated heterocycles. The number of hydrogen-bond donors (Lipinski definition) is 0. The first-order valence-electron chi connectivity index (χ1n) is 6.99. The van der Waals surface area contributed by atoms with Crippen LogP contribution in [0.1, 0.15) is 24.5 Å². The average Bonchev–Trinajstić information content (AvgIpc) is 2.33. The first-order valence-corrected chi connectivity index (χ1v) is 10.6. The molecule has 100 valence electrons. The predicted molar refractivity (Wildman–Crippen MR) is 89.1 cm³/mol. The Balaban J connectivity index is 2.58. The third kappa shape index (κ3) is 2.98. The lowest BCUT2D eigenvalue weighted by Crippen LogP contribution is -2.24. The van der Waals surface area contributed by atoms with Crippen molar-refractivity contribution in [1.29, 1.82) is 0 Å². The highest BCUT2D eigenvalue weighted by Crippen LogP contribution is 2.40. The maximum atomic E-state index is 3.91. The van der Waals surface area contributed by atoms with Crippen molar-refractivity contribution in [2.24, 2.45) is 0 Å². The van der Waals surface area contributed by atoms with E-state index in [2.05, 4.69) is 75.3 Å². The second-order valence-electron chi connectivity index (χ2n) is 6.75. The van der Waals surface area contributed by atoms with Gasteiger partial charge in [-0.15, -0.1) is 6.58 Å². The summed E-state index contributed by atoms with van der Waals surface area (Å²) < 4.78 is 0. The number of rotatable bonds is 3. The van der Waals surface area contributed by atoms with Crippen molar-refractivity contribution < 1.29 is 0 Å². The molecule has 0 bridgehead atoms. The normalized spacial score (nSPS) is 24.3. The molecule has 1 heteroatoms. The van der Waals surface area contributed by atoms with Gasteiger partial charge in [-0.25, -0.2) is 0 Å². The van der Waals surface area contributed by atoms with Gasteiger partial charge in [-0.3, -0.25) is 0 Å². The summed E-state index contributed by atoms with van der Waals surface area (Å²) in [4.78, 5) is 0. The number of benzene rings is 1. The highest BCUT2D eigenvalue weighted by atomic mass is 28.3.